The number of anilines is 1. The highest BCUT2D eigenvalue weighted by molar-refractivity contribution is 7.99. The maximum atomic E-state index is 12.8. The number of aromatic amines is 1. The van der Waals surface area contributed by atoms with Gasteiger partial charge in [0.15, 0.2) is 10.9 Å². The fraction of sp³-hybridized carbons (Fsp3) is 0.250. The van der Waals surface area contributed by atoms with E-state index in [0.29, 0.717) is 10.7 Å². The molecule has 0 saturated carbocycles. The molecule has 140 valence electrons. The zero-order valence-electron chi connectivity index (χ0n) is 15.8. The van der Waals surface area contributed by atoms with Crippen LogP contribution in [-0.2, 0) is 0 Å². The Kier molecular flexibility index (Phi) is 5.23. The largest absolute Gasteiger partial charge is 0.383 e. The quantitative estimate of drug-likeness (QED) is 0.401. The summed E-state index contributed by atoms with van der Waals surface area (Å²) in [6.07, 6.45) is 0. The molecular formula is C20H22N4O2S. The van der Waals surface area contributed by atoms with Crippen LogP contribution in [0.3, 0.4) is 0 Å². The number of carbonyl (C=O) groups is 1. The molecule has 0 spiro atoms. The van der Waals surface area contributed by atoms with E-state index in [-0.39, 0.29) is 22.9 Å². The van der Waals surface area contributed by atoms with Gasteiger partial charge in [-0.3, -0.25) is 9.59 Å². The predicted octanol–water partition coefficient (Wildman–Crippen LogP) is 3.35. The van der Waals surface area contributed by atoms with E-state index in [0.717, 1.165) is 17.1 Å². The van der Waals surface area contributed by atoms with E-state index >= 15 is 0 Å². The van der Waals surface area contributed by atoms with Crippen LogP contribution in [-0.4, -0.2) is 26.1 Å². The molecule has 27 heavy (non-hydrogen) atoms. The average molecular weight is 382 g/mol. The van der Waals surface area contributed by atoms with E-state index in [1.54, 1.807) is 0 Å². The molecule has 7 heteroatoms. The highest BCUT2D eigenvalue weighted by Crippen LogP contribution is 2.24. The number of H-pyrrole nitrogens is 1. The minimum absolute atomic E-state index is 0.0196. The first-order chi connectivity index (χ1) is 12.7. The lowest BCUT2D eigenvalue weighted by Gasteiger charge is -2.12. The number of nitrogens with zero attached hydrogens (tertiary/aromatic N) is 2. The molecule has 6 nitrogen and oxygen atoms in total. The Morgan fingerprint density at radius 1 is 1.11 bits per heavy atom. The first-order valence-corrected chi connectivity index (χ1v) is 9.53. The highest BCUT2D eigenvalue weighted by atomic mass is 32.2. The summed E-state index contributed by atoms with van der Waals surface area (Å²) in [5, 5.41) is 0.344. The van der Waals surface area contributed by atoms with Gasteiger partial charge in [-0.2, -0.15) is 0 Å². The van der Waals surface area contributed by atoms with Crippen molar-refractivity contribution in [3.63, 3.8) is 0 Å². The molecule has 0 radical (unpaired) electrons. The summed E-state index contributed by atoms with van der Waals surface area (Å²) in [4.78, 5) is 30.8. The lowest BCUT2D eigenvalue weighted by Crippen LogP contribution is -2.11. The van der Waals surface area contributed by atoms with E-state index in [4.69, 9.17) is 5.73 Å². The van der Waals surface area contributed by atoms with Gasteiger partial charge in [0.2, 0.25) is 0 Å². The summed E-state index contributed by atoms with van der Waals surface area (Å²) in [5.41, 5.74) is 11.2. The number of benzene rings is 1. The van der Waals surface area contributed by atoms with Gasteiger partial charge in [-0.05, 0) is 57.0 Å². The van der Waals surface area contributed by atoms with Crippen molar-refractivity contribution < 1.29 is 4.79 Å². The van der Waals surface area contributed by atoms with Gasteiger partial charge in [-0.15, -0.1) is 0 Å². The molecule has 0 aliphatic carbocycles. The van der Waals surface area contributed by atoms with Crippen molar-refractivity contribution in [3.05, 3.63) is 68.8 Å². The number of nitrogens with two attached hydrogens (primary N) is 1. The Bertz CT molecular complexity index is 1060. The van der Waals surface area contributed by atoms with Gasteiger partial charge in [0.05, 0.1) is 5.75 Å². The molecule has 0 atom stereocenters. The number of thioether (sulfide) groups is 1. The minimum Gasteiger partial charge on any atom is -0.383 e. The van der Waals surface area contributed by atoms with E-state index in [9.17, 15) is 9.59 Å². The number of aryl methyl sites for hydroxylation is 3. The molecule has 0 unspecified atom stereocenters. The van der Waals surface area contributed by atoms with Crippen LogP contribution in [0.4, 0.5) is 5.82 Å². The van der Waals surface area contributed by atoms with E-state index in [2.05, 4.69) is 46.6 Å². The molecule has 2 heterocycles. The fourth-order valence-corrected chi connectivity index (χ4v) is 4.02. The Labute approximate surface area is 161 Å². The Morgan fingerprint density at radius 2 is 1.78 bits per heavy atom. The van der Waals surface area contributed by atoms with Gasteiger partial charge >= 0.3 is 0 Å². The first kappa shape index (κ1) is 19.0. The normalized spacial score (nSPS) is 11.0. The standard InChI is InChI=1S/C20H22N4O2S/c1-11-5-12(2)7-15(6-11)24-13(3)8-16(14(24)4)17(25)10-27-20-22-18(21)9-19(26)23-20/h5-9H,10H2,1-4H3,(H3,21,22,23,26). The SMILES string of the molecule is Cc1cc(C)cc(-n2c(C)cc(C(=O)CSc3nc(N)cc(=O)[nH]3)c2C)c1. The van der Waals surface area contributed by atoms with Crippen LogP contribution in [0.15, 0.2) is 40.3 Å². The van der Waals surface area contributed by atoms with Crippen LogP contribution in [0.25, 0.3) is 5.69 Å². The minimum atomic E-state index is -0.328. The fourth-order valence-electron chi connectivity index (χ4n) is 3.26. The zero-order chi connectivity index (χ0) is 19.7. The number of rotatable bonds is 5. The third-order valence-electron chi connectivity index (χ3n) is 4.28. The third kappa shape index (κ3) is 4.14. The Morgan fingerprint density at radius 3 is 2.41 bits per heavy atom. The molecule has 0 aliphatic rings. The second kappa shape index (κ2) is 7.44. The number of nitrogens with one attached hydrogen (secondary N) is 1. The summed E-state index contributed by atoms with van der Waals surface area (Å²) < 4.78 is 2.10. The molecular weight excluding hydrogens is 360 g/mol. The van der Waals surface area contributed by atoms with Crippen molar-refractivity contribution in [2.45, 2.75) is 32.9 Å². The first-order valence-electron chi connectivity index (χ1n) is 8.55. The maximum absolute atomic E-state index is 12.8. The predicted molar refractivity (Wildman–Crippen MR) is 109 cm³/mol. The Balaban J connectivity index is 1.87. The highest BCUT2D eigenvalue weighted by Gasteiger charge is 2.17. The van der Waals surface area contributed by atoms with Crippen molar-refractivity contribution in [2.24, 2.45) is 0 Å². The summed E-state index contributed by atoms with van der Waals surface area (Å²) in [5.74, 6) is 0.291. The number of ketones is 1. The van der Waals surface area contributed by atoms with Crippen LogP contribution < -0.4 is 11.3 Å². The lowest BCUT2D eigenvalue weighted by atomic mass is 10.1. The smallest absolute Gasteiger partial charge is 0.253 e. The molecule has 3 aromatic rings. The second-order valence-corrected chi connectivity index (χ2v) is 7.62. The number of Topliss-reactive ketones (excluding diaryl/α,β-unsaturated/α-hetero) is 1. The van der Waals surface area contributed by atoms with Gasteiger partial charge in [0.1, 0.15) is 5.82 Å². The monoisotopic (exact) mass is 382 g/mol. The van der Waals surface area contributed by atoms with Crippen molar-refractivity contribution in [2.75, 3.05) is 11.5 Å². The average Bonchev–Trinajstić information content (AvgIpc) is 2.85. The number of nitrogen functional groups attached to an aromatic ring is 1. The summed E-state index contributed by atoms with van der Waals surface area (Å²) in [7, 11) is 0. The van der Waals surface area contributed by atoms with Crippen molar-refractivity contribution >= 4 is 23.4 Å². The van der Waals surface area contributed by atoms with Gasteiger partial charge in [0.25, 0.3) is 5.56 Å². The molecule has 0 aliphatic heterocycles. The molecule has 0 fully saturated rings. The van der Waals surface area contributed by atoms with Crippen LogP contribution in [0.2, 0.25) is 0 Å². The molecule has 1 aromatic carbocycles. The summed E-state index contributed by atoms with van der Waals surface area (Å²) in [6.45, 7) is 8.06. The molecule has 2 aromatic heterocycles. The van der Waals surface area contributed by atoms with E-state index in [1.807, 2.05) is 19.9 Å². The third-order valence-corrected chi connectivity index (χ3v) is 5.15. The number of aromatic nitrogens is 3. The van der Waals surface area contributed by atoms with Gasteiger partial charge < -0.3 is 15.3 Å². The molecule has 0 saturated heterocycles. The molecule has 3 rings (SSSR count). The Hall–Kier alpha value is -2.80. The molecule has 3 N–H and O–H groups in total. The lowest BCUT2D eigenvalue weighted by molar-refractivity contribution is 0.102. The van der Waals surface area contributed by atoms with Crippen LogP contribution in [0, 0.1) is 27.7 Å². The van der Waals surface area contributed by atoms with E-state index < -0.39 is 0 Å². The van der Waals surface area contributed by atoms with Crippen LogP contribution in [0.1, 0.15) is 32.9 Å². The summed E-state index contributed by atoms with van der Waals surface area (Å²) >= 11 is 1.17. The van der Waals surface area contributed by atoms with Crippen LogP contribution >= 0.6 is 11.8 Å². The van der Waals surface area contributed by atoms with Crippen molar-refractivity contribution in [1.29, 1.82) is 0 Å². The van der Waals surface area contributed by atoms with Crippen LogP contribution in [0.5, 0.6) is 0 Å². The number of carbonyl (C=O) groups excluding carboxylic acids is 1. The van der Waals surface area contributed by atoms with E-state index in [1.165, 1.54) is 29.0 Å². The molecule has 0 amide bonds. The number of hydrogen-bond acceptors (Lipinski definition) is 5. The van der Waals surface area contributed by atoms with Crippen molar-refractivity contribution in [3.8, 4) is 5.69 Å². The van der Waals surface area contributed by atoms with Gasteiger partial charge in [-0.25, -0.2) is 4.98 Å². The maximum Gasteiger partial charge on any atom is 0.253 e. The second-order valence-electron chi connectivity index (χ2n) is 6.65. The van der Waals surface area contributed by atoms with Crippen molar-refractivity contribution in [1.82, 2.24) is 14.5 Å². The number of hydrogen-bond donors (Lipinski definition) is 2. The van der Waals surface area contributed by atoms with Gasteiger partial charge in [-0.1, -0.05) is 17.8 Å². The topological polar surface area (TPSA) is 93.8 Å². The van der Waals surface area contributed by atoms with Gasteiger partial charge in [0, 0.05) is 28.7 Å². The summed E-state index contributed by atoms with van der Waals surface area (Å²) in [6, 6.07) is 9.46. The molecule has 0 bridgehead atoms. The zero-order valence-corrected chi connectivity index (χ0v) is 16.6.